The van der Waals surface area contributed by atoms with Crippen molar-refractivity contribution in [2.45, 2.75) is 51.5 Å². The van der Waals surface area contributed by atoms with Gasteiger partial charge in [-0.3, -0.25) is 9.59 Å². The number of amides is 2. The quantitative estimate of drug-likeness (QED) is 0.708. The maximum Gasteiger partial charge on any atom is 0.226 e. The lowest BCUT2D eigenvalue weighted by Crippen LogP contribution is -2.53. The third-order valence-electron chi connectivity index (χ3n) is 7.47. The van der Waals surface area contributed by atoms with Crippen LogP contribution in [0.4, 0.5) is 0 Å². The Morgan fingerprint density at radius 1 is 1.07 bits per heavy atom. The SMILES string of the molecule is COc1ccc(CN(C)C(=O)CCNC(=O)C23CC4CC(CC(C4)C2)C3)c(OC)c1. The lowest BCUT2D eigenvalue weighted by Gasteiger charge is -2.55. The van der Waals surface area contributed by atoms with Gasteiger partial charge < -0.3 is 19.7 Å². The van der Waals surface area contributed by atoms with E-state index in [9.17, 15) is 9.59 Å². The molecule has 4 fully saturated rings. The Balaban J connectivity index is 1.27. The van der Waals surface area contributed by atoms with Gasteiger partial charge in [0.2, 0.25) is 11.8 Å². The normalized spacial score (nSPS) is 28.8. The molecule has 4 bridgehead atoms. The Hall–Kier alpha value is -2.24. The van der Waals surface area contributed by atoms with Crippen molar-refractivity contribution in [1.29, 1.82) is 0 Å². The summed E-state index contributed by atoms with van der Waals surface area (Å²) < 4.78 is 10.6. The molecule has 6 heteroatoms. The molecule has 4 aliphatic carbocycles. The van der Waals surface area contributed by atoms with E-state index in [2.05, 4.69) is 5.32 Å². The highest BCUT2D eigenvalue weighted by atomic mass is 16.5. The van der Waals surface area contributed by atoms with Gasteiger partial charge in [0.15, 0.2) is 0 Å². The minimum absolute atomic E-state index is 0.0127. The van der Waals surface area contributed by atoms with Gasteiger partial charge in [0.25, 0.3) is 0 Å². The summed E-state index contributed by atoms with van der Waals surface area (Å²) >= 11 is 0. The highest BCUT2D eigenvalue weighted by Crippen LogP contribution is 2.60. The van der Waals surface area contributed by atoms with Gasteiger partial charge in [-0.25, -0.2) is 0 Å². The second-order valence-electron chi connectivity index (χ2n) is 9.63. The number of rotatable bonds is 8. The van der Waals surface area contributed by atoms with Crippen LogP contribution in [0.1, 0.15) is 50.5 Å². The molecule has 0 saturated heterocycles. The topological polar surface area (TPSA) is 67.9 Å². The van der Waals surface area contributed by atoms with Crippen LogP contribution in [0.25, 0.3) is 0 Å². The minimum atomic E-state index is -0.153. The zero-order valence-electron chi connectivity index (χ0n) is 18.4. The number of hydrogen-bond donors (Lipinski definition) is 1. The first-order chi connectivity index (χ1) is 14.4. The van der Waals surface area contributed by atoms with Gasteiger partial charge in [-0.05, 0) is 68.4 Å². The van der Waals surface area contributed by atoms with E-state index in [1.54, 1.807) is 26.2 Å². The molecule has 0 atom stereocenters. The van der Waals surface area contributed by atoms with E-state index >= 15 is 0 Å². The van der Waals surface area contributed by atoms with Crippen molar-refractivity contribution < 1.29 is 19.1 Å². The number of ether oxygens (including phenoxy) is 2. The average Bonchev–Trinajstić information content (AvgIpc) is 2.72. The standard InChI is InChI=1S/C24H34N2O4/c1-26(15-19-4-5-20(29-2)11-21(19)30-3)22(27)6-7-25-23(28)24-12-16-8-17(13-24)10-18(9-16)14-24/h4-5,11,16-18H,6-10,12-15H2,1-3H3,(H,25,28). The summed E-state index contributed by atoms with van der Waals surface area (Å²) in [7, 11) is 5.01. The second kappa shape index (κ2) is 8.48. The Labute approximate surface area is 179 Å². The van der Waals surface area contributed by atoms with Gasteiger partial charge in [0.1, 0.15) is 11.5 Å². The minimum Gasteiger partial charge on any atom is -0.497 e. The lowest BCUT2D eigenvalue weighted by molar-refractivity contribution is -0.146. The summed E-state index contributed by atoms with van der Waals surface area (Å²) in [6.07, 6.45) is 7.44. The molecule has 1 aromatic carbocycles. The molecule has 0 radical (unpaired) electrons. The van der Waals surface area contributed by atoms with Gasteiger partial charge in [-0.2, -0.15) is 0 Å². The van der Waals surface area contributed by atoms with Crippen LogP contribution in [-0.2, 0) is 16.1 Å². The largest absolute Gasteiger partial charge is 0.497 e. The van der Waals surface area contributed by atoms with Crippen LogP contribution >= 0.6 is 0 Å². The van der Waals surface area contributed by atoms with Crippen molar-refractivity contribution in [3.05, 3.63) is 23.8 Å². The predicted octanol–water partition coefficient (Wildman–Crippen LogP) is 3.38. The van der Waals surface area contributed by atoms with Crippen LogP contribution in [0.5, 0.6) is 11.5 Å². The molecule has 6 nitrogen and oxygen atoms in total. The molecule has 1 N–H and O–H groups in total. The van der Waals surface area contributed by atoms with Gasteiger partial charge in [0.05, 0.1) is 14.2 Å². The summed E-state index contributed by atoms with van der Waals surface area (Å²) in [5.74, 6) is 3.85. The van der Waals surface area contributed by atoms with E-state index in [1.165, 1.54) is 19.3 Å². The van der Waals surface area contributed by atoms with E-state index < -0.39 is 0 Å². The summed E-state index contributed by atoms with van der Waals surface area (Å²) in [5.41, 5.74) is 0.770. The van der Waals surface area contributed by atoms with Gasteiger partial charge >= 0.3 is 0 Å². The summed E-state index contributed by atoms with van der Waals surface area (Å²) in [5, 5.41) is 3.10. The molecular weight excluding hydrogens is 380 g/mol. The van der Waals surface area contributed by atoms with Crippen molar-refractivity contribution in [3.8, 4) is 11.5 Å². The van der Waals surface area contributed by atoms with E-state index in [1.807, 2.05) is 18.2 Å². The molecule has 4 aliphatic rings. The van der Waals surface area contributed by atoms with E-state index in [0.717, 1.165) is 48.3 Å². The number of benzene rings is 1. The molecule has 0 aliphatic heterocycles. The number of carbonyl (C=O) groups excluding carboxylic acids is 2. The van der Waals surface area contributed by atoms with Crippen molar-refractivity contribution in [3.63, 3.8) is 0 Å². The molecule has 5 rings (SSSR count). The second-order valence-corrected chi connectivity index (χ2v) is 9.63. The fourth-order valence-corrected chi connectivity index (χ4v) is 6.38. The zero-order chi connectivity index (χ0) is 21.3. The number of nitrogens with zero attached hydrogens (tertiary/aromatic N) is 1. The number of carbonyl (C=O) groups is 2. The fourth-order valence-electron chi connectivity index (χ4n) is 6.38. The van der Waals surface area contributed by atoms with Crippen LogP contribution < -0.4 is 14.8 Å². The van der Waals surface area contributed by atoms with Crippen LogP contribution in [0, 0.1) is 23.2 Å². The summed E-state index contributed by atoms with van der Waals surface area (Å²) in [6.45, 7) is 0.860. The molecule has 2 amide bonds. The summed E-state index contributed by atoms with van der Waals surface area (Å²) in [4.78, 5) is 27.3. The first-order valence-electron chi connectivity index (χ1n) is 11.2. The predicted molar refractivity (Wildman–Crippen MR) is 114 cm³/mol. The van der Waals surface area contributed by atoms with Crippen molar-refractivity contribution in [2.24, 2.45) is 23.2 Å². The van der Waals surface area contributed by atoms with E-state index in [4.69, 9.17) is 9.47 Å². The monoisotopic (exact) mass is 414 g/mol. The highest BCUT2D eigenvalue weighted by Gasteiger charge is 2.54. The number of methoxy groups -OCH3 is 2. The van der Waals surface area contributed by atoms with Crippen LogP contribution in [-0.4, -0.2) is 44.5 Å². The molecule has 30 heavy (non-hydrogen) atoms. The first kappa shape index (κ1) is 21.0. The van der Waals surface area contributed by atoms with Gasteiger partial charge in [-0.15, -0.1) is 0 Å². The zero-order valence-corrected chi connectivity index (χ0v) is 18.4. The fraction of sp³-hybridized carbons (Fsp3) is 0.667. The number of hydrogen-bond acceptors (Lipinski definition) is 4. The molecule has 0 aromatic heterocycles. The maximum atomic E-state index is 13.0. The molecule has 0 spiro atoms. The Bertz CT molecular complexity index is 771. The first-order valence-corrected chi connectivity index (χ1v) is 11.2. The third-order valence-corrected chi connectivity index (χ3v) is 7.47. The molecule has 0 unspecified atom stereocenters. The maximum absolute atomic E-state index is 13.0. The van der Waals surface area contributed by atoms with Crippen LogP contribution in [0.15, 0.2) is 18.2 Å². The van der Waals surface area contributed by atoms with Crippen molar-refractivity contribution in [2.75, 3.05) is 27.8 Å². The number of nitrogens with one attached hydrogen (secondary N) is 1. The molecule has 164 valence electrons. The van der Waals surface area contributed by atoms with E-state index in [0.29, 0.717) is 25.3 Å². The highest BCUT2D eigenvalue weighted by molar-refractivity contribution is 5.84. The Morgan fingerprint density at radius 2 is 1.70 bits per heavy atom. The Kier molecular flexibility index (Phi) is 5.94. The third kappa shape index (κ3) is 4.14. The summed E-state index contributed by atoms with van der Waals surface area (Å²) in [6, 6.07) is 5.59. The molecule has 1 aromatic rings. The van der Waals surface area contributed by atoms with E-state index in [-0.39, 0.29) is 17.2 Å². The molecular formula is C24H34N2O4. The molecule has 0 heterocycles. The van der Waals surface area contributed by atoms with Crippen LogP contribution in [0.2, 0.25) is 0 Å². The van der Waals surface area contributed by atoms with Gasteiger partial charge in [-0.1, -0.05) is 0 Å². The van der Waals surface area contributed by atoms with Gasteiger partial charge in [0, 0.05) is 43.6 Å². The lowest BCUT2D eigenvalue weighted by atomic mass is 9.49. The molecule has 4 saturated carbocycles. The van der Waals surface area contributed by atoms with Crippen LogP contribution in [0.3, 0.4) is 0 Å². The smallest absolute Gasteiger partial charge is 0.226 e. The van der Waals surface area contributed by atoms with Crippen molar-refractivity contribution >= 4 is 11.8 Å². The van der Waals surface area contributed by atoms with Crippen molar-refractivity contribution in [1.82, 2.24) is 10.2 Å². The Morgan fingerprint density at radius 3 is 2.27 bits per heavy atom. The average molecular weight is 415 g/mol.